The first kappa shape index (κ1) is 16.0. The highest BCUT2D eigenvalue weighted by atomic mass is 19.1. The second kappa shape index (κ2) is 6.70. The number of benzene rings is 1. The number of carbonyl (C=O) groups excluding carboxylic acids is 1. The molecule has 0 saturated heterocycles. The zero-order chi connectivity index (χ0) is 17.1. The number of fused-ring (bicyclic) bond motifs is 1. The molecule has 1 N–H and O–H groups in total. The van der Waals surface area contributed by atoms with Crippen LogP contribution in [0.4, 0.5) is 4.39 Å². The first-order valence-corrected chi connectivity index (χ1v) is 7.67. The molecule has 1 aromatic carbocycles. The van der Waals surface area contributed by atoms with Crippen molar-refractivity contribution in [2.75, 3.05) is 6.54 Å². The van der Waals surface area contributed by atoms with Crippen LogP contribution in [0.15, 0.2) is 48.8 Å². The number of pyridine rings is 1. The van der Waals surface area contributed by atoms with Crippen LogP contribution >= 0.6 is 0 Å². The van der Waals surface area contributed by atoms with Gasteiger partial charge in [0, 0.05) is 12.3 Å². The van der Waals surface area contributed by atoms with E-state index < -0.39 is 0 Å². The van der Waals surface area contributed by atoms with E-state index in [4.69, 9.17) is 4.74 Å². The van der Waals surface area contributed by atoms with Gasteiger partial charge in [0.05, 0.1) is 23.8 Å². The van der Waals surface area contributed by atoms with E-state index in [1.165, 1.54) is 12.1 Å². The Labute approximate surface area is 139 Å². The summed E-state index contributed by atoms with van der Waals surface area (Å²) in [5.41, 5.74) is 2.32. The summed E-state index contributed by atoms with van der Waals surface area (Å²) < 4.78 is 20.4. The largest absolute Gasteiger partial charge is 0.489 e. The minimum absolute atomic E-state index is 0.217. The third kappa shape index (κ3) is 3.53. The van der Waals surface area contributed by atoms with Gasteiger partial charge in [-0.3, -0.25) is 4.79 Å². The molecule has 6 heteroatoms. The number of ether oxygens (including phenoxy) is 1. The minimum Gasteiger partial charge on any atom is -0.489 e. The number of rotatable bonds is 5. The van der Waals surface area contributed by atoms with Gasteiger partial charge in [-0.25, -0.2) is 8.91 Å². The van der Waals surface area contributed by atoms with Crippen molar-refractivity contribution in [1.82, 2.24) is 14.9 Å². The van der Waals surface area contributed by atoms with Crippen LogP contribution in [-0.2, 0) is 0 Å². The number of aromatic nitrogens is 2. The van der Waals surface area contributed by atoms with E-state index in [2.05, 4.69) is 10.4 Å². The molecular weight excluding hydrogens is 309 g/mol. The van der Waals surface area contributed by atoms with Gasteiger partial charge in [0.2, 0.25) is 0 Å². The average Bonchev–Trinajstić information content (AvgIpc) is 2.95. The summed E-state index contributed by atoms with van der Waals surface area (Å²) in [5, 5.41) is 6.99. The molecular formula is C18H18FN3O2. The Balaban J connectivity index is 1.63. The molecule has 0 aliphatic carbocycles. The van der Waals surface area contributed by atoms with Crippen LogP contribution in [0, 0.1) is 12.7 Å². The summed E-state index contributed by atoms with van der Waals surface area (Å²) in [6, 6.07) is 9.76. The van der Waals surface area contributed by atoms with E-state index in [1.54, 1.807) is 22.8 Å². The SMILES string of the molecule is Cc1ccn2ncc(C(=O)NCC(C)Oc3cccc(F)c3)c2c1. The molecule has 124 valence electrons. The zero-order valence-electron chi connectivity index (χ0n) is 13.5. The van der Waals surface area contributed by atoms with Crippen LogP contribution < -0.4 is 10.1 Å². The molecule has 3 aromatic rings. The number of carbonyl (C=O) groups is 1. The van der Waals surface area contributed by atoms with E-state index in [9.17, 15) is 9.18 Å². The lowest BCUT2D eigenvalue weighted by molar-refractivity contribution is 0.0933. The Hall–Kier alpha value is -2.89. The highest BCUT2D eigenvalue weighted by molar-refractivity contribution is 6.00. The van der Waals surface area contributed by atoms with Crippen LogP contribution in [-0.4, -0.2) is 28.2 Å². The predicted octanol–water partition coefficient (Wildman–Crippen LogP) is 2.98. The van der Waals surface area contributed by atoms with Gasteiger partial charge in [-0.15, -0.1) is 0 Å². The van der Waals surface area contributed by atoms with Crippen LogP contribution in [0.3, 0.4) is 0 Å². The van der Waals surface area contributed by atoms with Crippen molar-refractivity contribution in [2.24, 2.45) is 0 Å². The zero-order valence-corrected chi connectivity index (χ0v) is 13.5. The first-order valence-electron chi connectivity index (χ1n) is 7.67. The van der Waals surface area contributed by atoms with Crippen LogP contribution in [0.25, 0.3) is 5.52 Å². The van der Waals surface area contributed by atoms with Crippen molar-refractivity contribution in [1.29, 1.82) is 0 Å². The molecule has 2 heterocycles. The number of hydrogen-bond acceptors (Lipinski definition) is 3. The molecule has 0 saturated carbocycles. The van der Waals surface area contributed by atoms with Crippen molar-refractivity contribution >= 4 is 11.4 Å². The minimum atomic E-state index is -0.356. The van der Waals surface area contributed by atoms with Crippen molar-refractivity contribution in [3.8, 4) is 5.75 Å². The smallest absolute Gasteiger partial charge is 0.255 e. The Morgan fingerprint density at radius 1 is 1.38 bits per heavy atom. The monoisotopic (exact) mass is 327 g/mol. The maximum absolute atomic E-state index is 13.1. The molecule has 1 atom stereocenters. The van der Waals surface area contributed by atoms with E-state index in [0.29, 0.717) is 17.9 Å². The Kier molecular flexibility index (Phi) is 4.46. The third-order valence-electron chi connectivity index (χ3n) is 3.61. The fourth-order valence-electron chi connectivity index (χ4n) is 2.41. The third-order valence-corrected chi connectivity index (χ3v) is 3.61. The molecule has 5 nitrogen and oxygen atoms in total. The summed E-state index contributed by atoms with van der Waals surface area (Å²) in [6.45, 7) is 4.08. The highest BCUT2D eigenvalue weighted by Gasteiger charge is 2.14. The first-order chi connectivity index (χ1) is 11.5. The predicted molar refractivity (Wildman–Crippen MR) is 88.8 cm³/mol. The van der Waals surface area contributed by atoms with Crippen molar-refractivity contribution < 1.29 is 13.9 Å². The standard InChI is InChI=1S/C18H18FN3O2/c1-12-6-7-22-17(8-12)16(11-21-22)18(23)20-10-13(2)24-15-5-3-4-14(19)9-15/h3-9,11,13H,10H2,1-2H3,(H,20,23). The molecule has 0 bridgehead atoms. The van der Waals surface area contributed by atoms with Crippen molar-refractivity contribution in [2.45, 2.75) is 20.0 Å². The number of nitrogens with zero attached hydrogens (tertiary/aromatic N) is 2. The number of aryl methyl sites for hydroxylation is 1. The maximum atomic E-state index is 13.1. The lowest BCUT2D eigenvalue weighted by Crippen LogP contribution is -2.33. The highest BCUT2D eigenvalue weighted by Crippen LogP contribution is 2.14. The summed E-state index contributed by atoms with van der Waals surface area (Å²) in [5.74, 6) is -0.140. The van der Waals surface area contributed by atoms with Gasteiger partial charge in [0.15, 0.2) is 0 Å². The molecule has 0 radical (unpaired) electrons. The van der Waals surface area contributed by atoms with Crippen LogP contribution in [0.1, 0.15) is 22.8 Å². The average molecular weight is 327 g/mol. The number of halogens is 1. The fraction of sp³-hybridized carbons (Fsp3) is 0.222. The van der Waals surface area contributed by atoms with Gasteiger partial charge >= 0.3 is 0 Å². The summed E-state index contributed by atoms with van der Waals surface area (Å²) >= 11 is 0. The second-order valence-corrected chi connectivity index (χ2v) is 5.69. The Bertz CT molecular complexity index is 876. The number of hydrogen-bond donors (Lipinski definition) is 1. The van der Waals surface area contributed by atoms with Gasteiger partial charge in [-0.1, -0.05) is 6.07 Å². The molecule has 0 aliphatic rings. The van der Waals surface area contributed by atoms with Gasteiger partial charge < -0.3 is 10.1 Å². The molecule has 24 heavy (non-hydrogen) atoms. The van der Waals surface area contributed by atoms with E-state index in [0.717, 1.165) is 11.1 Å². The Morgan fingerprint density at radius 2 is 2.21 bits per heavy atom. The lowest BCUT2D eigenvalue weighted by atomic mass is 10.2. The summed E-state index contributed by atoms with van der Waals surface area (Å²) in [6.07, 6.45) is 3.07. The topological polar surface area (TPSA) is 55.6 Å². The number of nitrogens with one attached hydrogen (secondary N) is 1. The van der Waals surface area contributed by atoms with Crippen LogP contribution in [0.5, 0.6) is 5.75 Å². The molecule has 0 fully saturated rings. The summed E-state index contributed by atoms with van der Waals surface area (Å²) in [7, 11) is 0. The van der Waals surface area contributed by atoms with E-state index >= 15 is 0 Å². The quantitative estimate of drug-likeness (QED) is 0.784. The van der Waals surface area contributed by atoms with Crippen molar-refractivity contribution in [3.63, 3.8) is 0 Å². The maximum Gasteiger partial charge on any atom is 0.255 e. The van der Waals surface area contributed by atoms with Gasteiger partial charge in [-0.05, 0) is 43.7 Å². The van der Waals surface area contributed by atoms with E-state index in [-0.39, 0.29) is 17.8 Å². The fourth-order valence-corrected chi connectivity index (χ4v) is 2.41. The van der Waals surface area contributed by atoms with Crippen LogP contribution in [0.2, 0.25) is 0 Å². The molecule has 0 aliphatic heterocycles. The molecule has 0 spiro atoms. The van der Waals surface area contributed by atoms with Gasteiger partial charge in [0.25, 0.3) is 5.91 Å². The summed E-state index contributed by atoms with van der Waals surface area (Å²) in [4.78, 5) is 12.4. The number of amides is 1. The molecule has 3 rings (SSSR count). The van der Waals surface area contributed by atoms with Crippen molar-refractivity contribution in [3.05, 3.63) is 65.7 Å². The Morgan fingerprint density at radius 3 is 3.00 bits per heavy atom. The normalized spacial score (nSPS) is 12.1. The lowest BCUT2D eigenvalue weighted by Gasteiger charge is -2.15. The molecule has 1 unspecified atom stereocenters. The van der Waals surface area contributed by atoms with Gasteiger partial charge in [0.1, 0.15) is 17.7 Å². The van der Waals surface area contributed by atoms with Gasteiger partial charge in [-0.2, -0.15) is 5.10 Å². The van der Waals surface area contributed by atoms with E-state index in [1.807, 2.05) is 32.2 Å². The molecule has 1 amide bonds. The molecule has 2 aromatic heterocycles. The second-order valence-electron chi connectivity index (χ2n) is 5.69.